The number of carbonyl (C=O) groups is 1. The Balaban J connectivity index is 1.72. The Labute approximate surface area is 164 Å². The quantitative estimate of drug-likeness (QED) is 0.538. The summed E-state index contributed by atoms with van der Waals surface area (Å²) in [5, 5.41) is 2.96. The number of fused-ring (bicyclic) bond motifs is 1. The van der Waals surface area contributed by atoms with Crippen molar-refractivity contribution in [1.29, 1.82) is 0 Å². The smallest absolute Gasteiger partial charge is 0.263 e. The Morgan fingerprint density at radius 1 is 1.15 bits per heavy atom. The lowest BCUT2D eigenvalue weighted by molar-refractivity contribution is 0.0965. The number of benzene rings is 2. The summed E-state index contributed by atoms with van der Waals surface area (Å²) < 4.78 is 28.9. The SMILES string of the molecule is O=C(c1ccccc1Cl)n1ccc2cc(S(=O)(=O)Nc3nccs3)ccc21. The zero-order valence-electron chi connectivity index (χ0n) is 13.7. The molecule has 0 bridgehead atoms. The average molecular weight is 418 g/mol. The molecule has 136 valence electrons. The van der Waals surface area contributed by atoms with Crippen LogP contribution in [0.4, 0.5) is 5.13 Å². The first kappa shape index (κ1) is 17.7. The van der Waals surface area contributed by atoms with Crippen LogP contribution in [0.25, 0.3) is 10.9 Å². The molecule has 0 atom stereocenters. The van der Waals surface area contributed by atoms with Crippen LogP contribution in [-0.4, -0.2) is 23.9 Å². The molecule has 0 saturated heterocycles. The van der Waals surface area contributed by atoms with E-state index in [1.54, 1.807) is 48.0 Å². The summed E-state index contributed by atoms with van der Waals surface area (Å²) in [5.41, 5.74) is 0.965. The fraction of sp³-hybridized carbons (Fsp3) is 0. The fourth-order valence-corrected chi connectivity index (χ4v) is 4.72. The molecule has 0 amide bonds. The van der Waals surface area contributed by atoms with Gasteiger partial charge in [0.15, 0.2) is 5.13 Å². The highest BCUT2D eigenvalue weighted by Gasteiger charge is 2.19. The standard InChI is InChI=1S/C18H12ClN3O3S2/c19-15-4-2-1-3-14(15)17(23)22-9-7-12-11-13(5-6-16(12)22)27(24,25)21-18-20-8-10-26-18/h1-11H,(H,20,21). The number of carbonyl (C=O) groups excluding carboxylic acids is 1. The molecule has 9 heteroatoms. The summed E-state index contributed by atoms with van der Waals surface area (Å²) >= 11 is 7.31. The summed E-state index contributed by atoms with van der Waals surface area (Å²) in [6, 6.07) is 13.0. The van der Waals surface area contributed by atoms with Gasteiger partial charge < -0.3 is 0 Å². The molecule has 0 spiro atoms. The second kappa shape index (κ2) is 6.80. The van der Waals surface area contributed by atoms with Gasteiger partial charge >= 0.3 is 0 Å². The summed E-state index contributed by atoms with van der Waals surface area (Å²) in [4.78, 5) is 16.8. The van der Waals surface area contributed by atoms with Gasteiger partial charge in [0.25, 0.3) is 15.9 Å². The topological polar surface area (TPSA) is 81.1 Å². The normalized spacial score (nSPS) is 11.6. The van der Waals surface area contributed by atoms with Crippen molar-refractivity contribution in [2.24, 2.45) is 0 Å². The lowest BCUT2D eigenvalue weighted by Crippen LogP contribution is -2.13. The first-order valence-corrected chi connectivity index (χ1v) is 10.5. The van der Waals surface area contributed by atoms with Gasteiger partial charge in [0, 0.05) is 23.2 Å². The van der Waals surface area contributed by atoms with E-state index in [9.17, 15) is 13.2 Å². The molecule has 2 aromatic heterocycles. The molecule has 0 saturated carbocycles. The Morgan fingerprint density at radius 2 is 1.96 bits per heavy atom. The lowest BCUT2D eigenvalue weighted by Gasteiger charge is -2.08. The number of sulfonamides is 1. The van der Waals surface area contributed by atoms with E-state index in [4.69, 9.17) is 11.6 Å². The molecule has 4 aromatic rings. The predicted molar refractivity (Wildman–Crippen MR) is 106 cm³/mol. The lowest BCUT2D eigenvalue weighted by atomic mass is 10.2. The van der Waals surface area contributed by atoms with Crippen molar-refractivity contribution in [1.82, 2.24) is 9.55 Å². The van der Waals surface area contributed by atoms with Crippen molar-refractivity contribution < 1.29 is 13.2 Å². The second-order valence-electron chi connectivity index (χ2n) is 5.63. The Bertz CT molecular complexity index is 1250. The Hall–Kier alpha value is -2.68. The van der Waals surface area contributed by atoms with E-state index in [0.717, 1.165) is 0 Å². The van der Waals surface area contributed by atoms with Crippen molar-refractivity contribution in [3.05, 3.63) is 76.9 Å². The molecule has 0 unspecified atom stereocenters. The molecule has 2 aromatic carbocycles. The number of hydrogen-bond acceptors (Lipinski definition) is 5. The van der Waals surface area contributed by atoms with Gasteiger partial charge in [-0.05, 0) is 36.4 Å². The molecule has 1 N–H and O–H groups in total. The maximum atomic E-state index is 12.8. The second-order valence-corrected chi connectivity index (χ2v) is 8.62. The number of nitrogens with zero attached hydrogens (tertiary/aromatic N) is 2. The monoisotopic (exact) mass is 417 g/mol. The highest BCUT2D eigenvalue weighted by Crippen LogP contribution is 2.25. The molecule has 0 aliphatic heterocycles. The van der Waals surface area contributed by atoms with Crippen LogP contribution in [0.15, 0.2) is 71.2 Å². The zero-order valence-corrected chi connectivity index (χ0v) is 16.1. The summed E-state index contributed by atoms with van der Waals surface area (Å²) in [6.07, 6.45) is 3.12. The third-order valence-electron chi connectivity index (χ3n) is 3.95. The number of rotatable bonds is 4. The number of nitrogens with one attached hydrogen (secondary N) is 1. The minimum Gasteiger partial charge on any atom is -0.283 e. The van der Waals surface area contributed by atoms with Crippen molar-refractivity contribution >= 4 is 54.9 Å². The van der Waals surface area contributed by atoms with Crippen molar-refractivity contribution in [3.8, 4) is 0 Å². The van der Waals surface area contributed by atoms with Gasteiger partial charge in [0.05, 0.1) is 21.0 Å². The zero-order chi connectivity index (χ0) is 19.0. The first-order chi connectivity index (χ1) is 13.0. The molecule has 0 aliphatic rings. The van der Waals surface area contributed by atoms with Crippen LogP contribution >= 0.6 is 22.9 Å². The van der Waals surface area contributed by atoms with E-state index < -0.39 is 10.0 Å². The summed E-state index contributed by atoms with van der Waals surface area (Å²) in [7, 11) is -3.76. The van der Waals surface area contributed by atoms with Gasteiger partial charge in [-0.25, -0.2) is 13.4 Å². The maximum absolute atomic E-state index is 12.8. The van der Waals surface area contributed by atoms with E-state index in [1.807, 2.05) is 0 Å². The van der Waals surface area contributed by atoms with E-state index in [-0.39, 0.29) is 10.8 Å². The van der Waals surface area contributed by atoms with Crippen LogP contribution in [0.5, 0.6) is 0 Å². The molecule has 6 nitrogen and oxygen atoms in total. The van der Waals surface area contributed by atoms with Gasteiger partial charge in [-0.3, -0.25) is 14.1 Å². The number of hydrogen-bond donors (Lipinski definition) is 1. The van der Waals surface area contributed by atoms with Gasteiger partial charge in [0.2, 0.25) is 0 Å². The largest absolute Gasteiger partial charge is 0.283 e. The predicted octanol–water partition coefficient (Wildman–Crippen LogP) is 4.24. The third kappa shape index (κ3) is 3.34. The van der Waals surface area contributed by atoms with E-state index in [0.29, 0.717) is 26.6 Å². The van der Waals surface area contributed by atoms with Crippen molar-refractivity contribution in [3.63, 3.8) is 0 Å². The number of halogens is 1. The number of aromatic nitrogens is 2. The van der Waals surface area contributed by atoms with Crippen LogP contribution in [-0.2, 0) is 10.0 Å². The van der Waals surface area contributed by atoms with Crippen molar-refractivity contribution in [2.45, 2.75) is 4.90 Å². The van der Waals surface area contributed by atoms with Gasteiger partial charge in [-0.15, -0.1) is 11.3 Å². The number of thiazole rings is 1. The van der Waals surface area contributed by atoms with Crippen LogP contribution in [0.1, 0.15) is 10.4 Å². The van der Waals surface area contributed by atoms with Crippen LogP contribution in [0.2, 0.25) is 5.02 Å². The van der Waals surface area contributed by atoms with E-state index in [1.165, 1.54) is 34.2 Å². The van der Waals surface area contributed by atoms with Crippen LogP contribution < -0.4 is 4.72 Å². The molecule has 0 fully saturated rings. The van der Waals surface area contributed by atoms with E-state index >= 15 is 0 Å². The Kier molecular flexibility index (Phi) is 4.47. The summed E-state index contributed by atoms with van der Waals surface area (Å²) in [5.74, 6) is -0.285. The molecular weight excluding hydrogens is 406 g/mol. The van der Waals surface area contributed by atoms with Crippen LogP contribution in [0, 0.1) is 0 Å². The van der Waals surface area contributed by atoms with Gasteiger partial charge in [0.1, 0.15) is 0 Å². The fourth-order valence-electron chi connectivity index (χ4n) is 2.68. The third-order valence-corrected chi connectivity index (χ3v) is 6.43. The summed E-state index contributed by atoms with van der Waals surface area (Å²) in [6.45, 7) is 0. The highest BCUT2D eigenvalue weighted by atomic mass is 35.5. The first-order valence-electron chi connectivity index (χ1n) is 7.78. The molecular formula is C18H12ClN3O3S2. The maximum Gasteiger partial charge on any atom is 0.263 e. The van der Waals surface area contributed by atoms with Gasteiger partial charge in [-0.1, -0.05) is 23.7 Å². The number of anilines is 1. The molecule has 2 heterocycles. The average Bonchev–Trinajstić information content (AvgIpc) is 3.30. The van der Waals surface area contributed by atoms with Crippen molar-refractivity contribution in [2.75, 3.05) is 4.72 Å². The van der Waals surface area contributed by atoms with Crippen LogP contribution in [0.3, 0.4) is 0 Å². The Morgan fingerprint density at radius 3 is 2.70 bits per heavy atom. The minimum absolute atomic E-state index is 0.0909. The molecule has 0 radical (unpaired) electrons. The minimum atomic E-state index is -3.76. The molecule has 27 heavy (non-hydrogen) atoms. The van der Waals surface area contributed by atoms with E-state index in [2.05, 4.69) is 9.71 Å². The highest BCUT2D eigenvalue weighted by molar-refractivity contribution is 7.93. The van der Waals surface area contributed by atoms with Gasteiger partial charge in [-0.2, -0.15) is 0 Å². The molecule has 4 rings (SSSR count). The molecule has 0 aliphatic carbocycles.